The van der Waals surface area contributed by atoms with E-state index in [9.17, 15) is 13.6 Å². The second-order valence-electron chi connectivity index (χ2n) is 6.69. The Morgan fingerprint density at radius 1 is 1.10 bits per heavy atom. The Morgan fingerprint density at radius 2 is 1.55 bits per heavy atom. The topological polar surface area (TPSA) is 55.1 Å². The van der Waals surface area contributed by atoms with Crippen molar-refractivity contribution in [2.45, 2.75) is 39.8 Å². The van der Waals surface area contributed by atoms with E-state index in [0.717, 1.165) is 18.2 Å². The van der Waals surface area contributed by atoms with Gasteiger partial charge in [-0.15, -0.1) is 0 Å². The van der Waals surface area contributed by atoms with Crippen LogP contribution in [-0.2, 0) is 0 Å². The largest absolute Gasteiger partial charge is 0.348 e. The van der Waals surface area contributed by atoms with E-state index in [-0.39, 0.29) is 28.5 Å². The molecule has 0 aliphatic heterocycles. The number of carbonyl (C=O) groups excluding carboxylic acids is 1. The SMILES string of the molecule is CC1(C)C(N)C(C)(C)C1NC(=O)c1cc(F)cc(F)c1. The number of carbonyl (C=O) groups is 1. The van der Waals surface area contributed by atoms with Crippen LogP contribution in [0.2, 0.25) is 0 Å². The Kier molecular flexibility index (Phi) is 3.37. The van der Waals surface area contributed by atoms with Gasteiger partial charge in [-0.2, -0.15) is 0 Å². The molecule has 5 heteroatoms. The van der Waals surface area contributed by atoms with Crippen molar-refractivity contribution in [2.75, 3.05) is 0 Å². The zero-order valence-electron chi connectivity index (χ0n) is 12.1. The van der Waals surface area contributed by atoms with Gasteiger partial charge in [-0.3, -0.25) is 4.79 Å². The van der Waals surface area contributed by atoms with Crippen molar-refractivity contribution in [1.29, 1.82) is 0 Å². The summed E-state index contributed by atoms with van der Waals surface area (Å²) in [5.41, 5.74) is 5.58. The second-order valence-corrected chi connectivity index (χ2v) is 6.69. The number of amides is 1. The van der Waals surface area contributed by atoms with Gasteiger partial charge in [-0.25, -0.2) is 8.78 Å². The van der Waals surface area contributed by atoms with E-state index < -0.39 is 17.5 Å². The van der Waals surface area contributed by atoms with E-state index >= 15 is 0 Å². The van der Waals surface area contributed by atoms with Crippen LogP contribution in [0.15, 0.2) is 18.2 Å². The maximum absolute atomic E-state index is 13.1. The number of nitrogens with two attached hydrogens (primary N) is 1. The number of hydrogen-bond donors (Lipinski definition) is 2. The van der Waals surface area contributed by atoms with Crippen LogP contribution in [0.1, 0.15) is 38.1 Å². The van der Waals surface area contributed by atoms with E-state index in [1.54, 1.807) is 0 Å². The van der Waals surface area contributed by atoms with Crippen LogP contribution in [0, 0.1) is 22.5 Å². The Hall–Kier alpha value is -1.49. The molecular formula is C15H20F2N2O. The fraction of sp³-hybridized carbons (Fsp3) is 0.533. The zero-order chi connectivity index (χ0) is 15.3. The normalized spacial score (nSPS) is 26.8. The first-order valence-corrected chi connectivity index (χ1v) is 6.59. The molecule has 0 aromatic heterocycles. The Labute approximate surface area is 117 Å². The first-order valence-electron chi connectivity index (χ1n) is 6.59. The van der Waals surface area contributed by atoms with E-state index in [1.807, 2.05) is 27.7 Å². The highest BCUT2D eigenvalue weighted by atomic mass is 19.1. The van der Waals surface area contributed by atoms with Crippen LogP contribution in [-0.4, -0.2) is 18.0 Å². The average molecular weight is 282 g/mol. The molecule has 0 heterocycles. The highest BCUT2D eigenvalue weighted by molar-refractivity contribution is 5.94. The molecule has 0 radical (unpaired) electrons. The molecule has 1 aromatic carbocycles. The van der Waals surface area contributed by atoms with Gasteiger partial charge in [0.05, 0.1) is 0 Å². The van der Waals surface area contributed by atoms with Gasteiger partial charge in [0.1, 0.15) is 11.6 Å². The summed E-state index contributed by atoms with van der Waals surface area (Å²) in [5, 5.41) is 2.85. The lowest BCUT2D eigenvalue weighted by molar-refractivity contribution is -0.0663. The van der Waals surface area contributed by atoms with Gasteiger partial charge in [-0.05, 0) is 12.1 Å². The van der Waals surface area contributed by atoms with Gasteiger partial charge in [0.25, 0.3) is 5.91 Å². The third-order valence-corrected chi connectivity index (χ3v) is 4.49. The van der Waals surface area contributed by atoms with E-state index in [2.05, 4.69) is 5.32 Å². The lowest BCUT2D eigenvalue weighted by Gasteiger charge is -2.62. The third kappa shape index (κ3) is 2.20. The summed E-state index contributed by atoms with van der Waals surface area (Å²) >= 11 is 0. The maximum atomic E-state index is 13.1. The molecule has 1 aliphatic carbocycles. The lowest BCUT2D eigenvalue weighted by atomic mass is 9.48. The van der Waals surface area contributed by atoms with Crippen molar-refractivity contribution in [1.82, 2.24) is 5.32 Å². The maximum Gasteiger partial charge on any atom is 0.251 e. The second kappa shape index (κ2) is 4.52. The van der Waals surface area contributed by atoms with E-state index in [1.165, 1.54) is 0 Å². The molecule has 0 saturated heterocycles. The smallest absolute Gasteiger partial charge is 0.251 e. The summed E-state index contributed by atoms with van der Waals surface area (Å²) < 4.78 is 26.3. The Morgan fingerprint density at radius 3 is 2.00 bits per heavy atom. The lowest BCUT2D eigenvalue weighted by Crippen LogP contribution is -2.76. The molecule has 3 nitrogen and oxygen atoms in total. The van der Waals surface area contributed by atoms with Crippen LogP contribution < -0.4 is 11.1 Å². The quantitative estimate of drug-likeness (QED) is 0.875. The monoisotopic (exact) mass is 282 g/mol. The minimum atomic E-state index is -0.765. The van der Waals surface area contributed by atoms with Crippen molar-refractivity contribution in [3.8, 4) is 0 Å². The molecular weight excluding hydrogens is 262 g/mol. The molecule has 1 aliphatic rings. The van der Waals surface area contributed by atoms with Crippen LogP contribution in [0.3, 0.4) is 0 Å². The molecule has 1 aromatic rings. The predicted octanol–water partition coefficient (Wildman–Crippen LogP) is 2.46. The van der Waals surface area contributed by atoms with Crippen molar-refractivity contribution in [3.63, 3.8) is 0 Å². The molecule has 0 spiro atoms. The van der Waals surface area contributed by atoms with Crippen molar-refractivity contribution in [3.05, 3.63) is 35.4 Å². The van der Waals surface area contributed by atoms with E-state index in [0.29, 0.717) is 0 Å². The third-order valence-electron chi connectivity index (χ3n) is 4.49. The van der Waals surface area contributed by atoms with Crippen LogP contribution in [0.5, 0.6) is 0 Å². The van der Waals surface area contributed by atoms with Gasteiger partial charge in [0.2, 0.25) is 0 Å². The summed E-state index contributed by atoms with van der Waals surface area (Å²) in [6.45, 7) is 7.89. The summed E-state index contributed by atoms with van der Waals surface area (Å²) in [6, 6.07) is 2.59. The first kappa shape index (κ1) is 14.9. The number of benzene rings is 1. The number of rotatable bonds is 2. The van der Waals surface area contributed by atoms with Gasteiger partial charge in [0.15, 0.2) is 0 Å². The van der Waals surface area contributed by atoms with Crippen LogP contribution in [0.4, 0.5) is 8.78 Å². The molecule has 2 rings (SSSR count). The molecule has 3 N–H and O–H groups in total. The number of hydrogen-bond acceptors (Lipinski definition) is 2. The molecule has 0 unspecified atom stereocenters. The highest BCUT2D eigenvalue weighted by Crippen LogP contribution is 2.52. The number of halogens is 2. The van der Waals surface area contributed by atoms with Gasteiger partial charge in [-0.1, -0.05) is 27.7 Å². The summed E-state index contributed by atoms with van der Waals surface area (Å²) in [6.07, 6.45) is 0. The standard InChI is InChI=1S/C15H20F2N2O/c1-14(2)12(18)15(3,4)13(14)19-11(20)8-5-9(16)7-10(17)6-8/h5-7,12-13H,18H2,1-4H3,(H,19,20). The molecule has 0 atom stereocenters. The summed E-state index contributed by atoms with van der Waals surface area (Å²) in [7, 11) is 0. The zero-order valence-corrected chi connectivity index (χ0v) is 12.1. The van der Waals surface area contributed by atoms with Crippen molar-refractivity contribution >= 4 is 5.91 Å². The van der Waals surface area contributed by atoms with Crippen LogP contribution >= 0.6 is 0 Å². The molecule has 1 fully saturated rings. The first-order chi connectivity index (χ1) is 9.06. The fourth-order valence-electron chi connectivity index (χ4n) is 3.45. The minimum absolute atomic E-state index is 0.0189. The highest BCUT2D eigenvalue weighted by Gasteiger charge is 2.60. The fourth-order valence-corrected chi connectivity index (χ4v) is 3.45. The molecule has 1 saturated carbocycles. The predicted molar refractivity (Wildman–Crippen MR) is 73.1 cm³/mol. The van der Waals surface area contributed by atoms with Gasteiger partial charge >= 0.3 is 0 Å². The van der Waals surface area contributed by atoms with Crippen molar-refractivity contribution in [2.24, 2.45) is 16.6 Å². The molecule has 20 heavy (non-hydrogen) atoms. The van der Waals surface area contributed by atoms with Crippen LogP contribution in [0.25, 0.3) is 0 Å². The van der Waals surface area contributed by atoms with Crippen molar-refractivity contribution < 1.29 is 13.6 Å². The van der Waals surface area contributed by atoms with Gasteiger partial charge in [0, 0.05) is 34.5 Å². The summed E-state index contributed by atoms with van der Waals surface area (Å²) in [5.74, 6) is -2.01. The Bertz CT molecular complexity index is 519. The average Bonchev–Trinajstić information content (AvgIpc) is 2.33. The van der Waals surface area contributed by atoms with Gasteiger partial charge < -0.3 is 11.1 Å². The molecule has 0 bridgehead atoms. The van der Waals surface area contributed by atoms with E-state index in [4.69, 9.17) is 5.73 Å². The minimum Gasteiger partial charge on any atom is -0.348 e. The Balaban J connectivity index is 2.20. The summed E-state index contributed by atoms with van der Waals surface area (Å²) in [4.78, 5) is 12.1. The number of nitrogens with one attached hydrogen (secondary N) is 1. The molecule has 1 amide bonds. The molecule has 110 valence electrons.